The fourth-order valence-electron chi connectivity index (χ4n) is 1.93. The van der Waals surface area contributed by atoms with Gasteiger partial charge >= 0.3 is 0 Å². The number of halogens is 1. The first-order chi connectivity index (χ1) is 10.5. The van der Waals surface area contributed by atoms with Crippen LogP contribution in [0.3, 0.4) is 0 Å². The molecular formula is C16H19FN2O2S. The van der Waals surface area contributed by atoms with Crippen molar-refractivity contribution in [3.63, 3.8) is 0 Å². The zero-order valence-corrected chi connectivity index (χ0v) is 13.5. The molecule has 1 aromatic heterocycles. The molecular weight excluding hydrogens is 303 g/mol. The van der Waals surface area contributed by atoms with Crippen LogP contribution in [0.25, 0.3) is 0 Å². The number of anilines is 1. The van der Waals surface area contributed by atoms with Gasteiger partial charge in [-0.05, 0) is 38.8 Å². The molecule has 0 saturated heterocycles. The summed E-state index contributed by atoms with van der Waals surface area (Å²) >= 11 is 1.57. The molecule has 6 heteroatoms. The zero-order chi connectivity index (χ0) is 15.9. The fourth-order valence-corrected chi connectivity index (χ4v) is 2.59. The Balaban J connectivity index is 1.83. The molecule has 0 saturated carbocycles. The second-order valence-corrected chi connectivity index (χ2v) is 6.11. The summed E-state index contributed by atoms with van der Waals surface area (Å²) in [6.07, 6.45) is 3.51. The molecule has 1 aromatic carbocycles. The van der Waals surface area contributed by atoms with Gasteiger partial charge in [0.2, 0.25) is 5.91 Å². The van der Waals surface area contributed by atoms with Gasteiger partial charge in [-0.1, -0.05) is 0 Å². The average Bonchev–Trinajstić information content (AvgIpc) is 2.94. The number of carbonyl (C=O) groups is 1. The SMILES string of the molecule is CC(C)Oc1ccc(NC(=O)CCCc2nccs2)c(F)c1. The minimum Gasteiger partial charge on any atom is -0.491 e. The Morgan fingerprint density at radius 1 is 1.45 bits per heavy atom. The number of nitrogens with zero attached hydrogens (tertiary/aromatic N) is 1. The van der Waals surface area contributed by atoms with Crippen molar-refractivity contribution >= 4 is 22.9 Å². The van der Waals surface area contributed by atoms with Crippen LogP contribution in [0.1, 0.15) is 31.7 Å². The van der Waals surface area contributed by atoms with Crippen LogP contribution >= 0.6 is 11.3 Å². The van der Waals surface area contributed by atoms with Crippen LogP contribution in [0, 0.1) is 5.82 Å². The predicted octanol–water partition coefficient (Wildman–Crippen LogP) is 4.03. The number of aryl methyl sites for hydroxylation is 1. The molecule has 0 spiro atoms. The summed E-state index contributed by atoms with van der Waals surface area (Å²) < 4.78 is 19.3. The van der Waals surface area contributed by atoms with Crippen molar-refractivity contribution in [2.75, 3.05) is 5.32 Å². The molecule has 2 rings (SSSR count). The summed E-state index contributed by atoms with van der Waals surface area (Å²) in [7, 11) is 0. The Bertz CT molecular complexity index is 615. The average molecular weight is 322 g/mol. The molecule has 1 heterocycles. The number of ether oxygens (including phenoxy) is 1. The first-order valence-electron chi connectivity index (χ1n) is 7.19. The highest BCUT2D eigenvalue weighted by Gasteiger charge is 2.09. The Morgan fingerprint density at radius 3 is 2.91 bits per heavy atom. The maximum absolute atomic E-state index is 13.9. The smallest absolute Gasteiger partial charge is 0.224 e. The summed E-state index contributed by atoms with van der Waals surface area (Å²) in [4.78, 5) is 16.0. The van der Waals surface area contributed by atoms with Crippen molar-refractivity contribution in [1.29, 1.82) is 0 Å². The van der Waals surface area contributed by atoms with Gasteiger partial charge in [-0.15, -0.1) is 11.3 Å². The molecule has 0 aliphatic carbocycles. The lowest BCUT2D eigenvalue weighted by Gasteiger charge is -2.11. The monoisotopic (exact) mass is 322 g/mol. The second kappa shape index (κ2) is 7.89. The molecule has 2 aromatic rings. The van der Waals surface area contributed by atoms with E-state index < -0.39 is 5.82 Å². The van der Waals surface area contributed by atoms with Gasteiger partial charge in [0.1, 0.15) is 11.6 Å². The van der Waals surface area contributed by atoms with E-state index in [0.29, 0.717) is 18.6 Å². The van der Waals surface area contributed by atoms with Gasteiger partial charge < -0.3 is 10.1 Å². The van der Waals surface area contributed by atoms with Crippen LogP contribution in [0.4, 0.5) is 10.1 Å². The van der Waals surface area contributed by atoms with E-state index in [4.69, 9.17) is 4.74 Å². The molecule has 118 valence electrons. The van der Waals surface area contributed by atoms with Crippen molar-refractivity contribution in [3.8, 4) is 5.75 Å². The van der Waals surface area contributed by atoms with E-state index in [-0.39, 0.29) is 17.7 Å². The normalized spacial score (nSPS) is 10.7. The Morgan fingerprint density at radius 2 is 2.27 bits per heavy atom. The van der Waals surface area contributed by atoms with Crippen LogP contribution in [-0.4, -0.2) is 17.0 Å². The van der Waals surface area contributed by atoms with Crippen molar-refractivity contribution in [1.82, 2.24) is 4.98 Å². The number of hydrogen-bond acceptors (Lipinski definition) is 4. The molecule has 1 N–H and O–H groups in total. The lowest BCUT2D eigenvalue weighted by Crippen LogP contribution is -2.13. The van der Waals surface area contributed by atoms with Crippen LogP contribution in [0.15, 0.2) is 29.8 Å². The van der Waals surface area contributed by atoms with Crippen molar-refractivity contribution in [2.24, 2.45) is 0 Å². The van der Waals surface area contributed by atoms with Gasteiger partial charge in [-0.2, -0.15) is 0 Å². The number of rotatable bonds is 7. The molecule has 0 unspecified atom stereocenters. The highest BCUT2D eigenvalue weighted by Crippen LogP contribution is 2.22. The van der Waals surface area contributed by atoms with Gasteiger partial charge in [0.15, 0.2) is 0 Å². The Kier molecular flexibility index (Phi) is 5.89. The van der Waals surface area contributed by atoms with E-state index in [1.807, 2.05) is 19.2 Å². The molecule has 0 aliphatic rings. The molecule has 0 bridgehead atoms. The molecule has 0 fully saturated rings. The third kappa shape index (κ3) is 5.11. The van der Waals surface area contributed by atoms with Crippen molar-refractivity contribution in [2.45, 2.75) is 39.2 Å². The standard InChI is InChI=1S/C16H19FN2O2S/c1-11(2)21-12-6-7-14(13(17)10-12)19-15(20)4-3-5-16-18-8-9-22-16/h6-11H,3-5H2,1-2H3,(H,19,20). The maximum Gasteiger partial charge on any atom is 0.224 e. The third-order valence-corrected chi connectivity index (χ3v) is 3.70. The summed E-state index contributed by atoms with van der Waals surface area (Å²) in [6, 6.07) is 4.45. The lowest BCUT2D eigenvalue weighted by molar-refractivity contribution is -0.116. The van der Waals surface area contributed by atoms with Gasteiger partial charge in [-0.3, -0.25) is 4.79 Å². The molecule has 0 aliphatic heterocycles. The first kappa shape index (κ1) is 16.4. The molecule has 1 amide bonds. The van der Waals surface area contributed by atoms with E-state index >= 15 is 0 Å². The van der Waals surface area contributed by atoms with Gasteiger partial charge in [0, 0.05) is 24.1 Å². The minimum absolute atomic E-state index is 0.0225. The topological polar surface area (TPSA) is 51.2 Å². The summed E-state index contributed by atoms with van der Waals surface area (Å²) in [5, 5.41) is 5.50. The molecule has 0 radical (unpaired) electrons. The minimum atomic E-state index is -0.494. The molecule has 22 heavy (non-hydrogen) atoms. The fraction of sp³-hybridized carbons (Fsp3) is 0.375. The summed E-state index contributed by atoms with van der Waals surface area (Å²) in [6.45, 7) is 3.74. The number of nitrogens with one attached hydrogen (secondary N) is 1. The van der Waals surface area contributed by atoms with E-state index in [9.17, 15) is 9.18 Å². The number of carbonyl (C=O) groups excluding carboxylic acids is 1. The quantitative estimate of drug-likeness (QED) is 0.837. The van der Waals surface area contributed by atoms with E-state index in [2.05, 4.69) is 10.3 Å². The van der Waals surface area contributed by atoms with Gasteiger partial charge in [0.05, 0.1) is 16.8 Å². The third-order valence-electron chi connectivity index (χ3n) is 2.86. The van der Waals surface area contributed by atoms with E-state index in [1.165, 1.54) is 12.1 Å². The van der Waals surface area contributed by atoms with Crippen LogP contribution in [-0.2, 0) is 11.2 Å². The highest BCUT2D eigenvalue weighted by atomic mass is 32.1. The van der Waals surface area contributed by atoms with Crippen LogP contribution in [0.5, 0.6) is 5.75 Å². The Labute approximate surface area is 133 Å². The zero-order valence-electron chi connectivity index (χ0n) is 12.6. The first-order valence-corrected chi connectivity index (χ1v) is 8.07. The largest absolute Gasteiger partial charge is 0.491 e. The lowest BCUT2D eigenvalue weighted by atomic mass is 10.2. The number of amides is 1. The number of aromatic nitrogens is 1. The number of benzene rings is 1. The summed E-state index contributed by atoms with van der Waals surface area (Å²) in [5.41, 5.74) is 0.176. The maximum atomic E-state index is 13.9. The predicted molar refractivity (Wildman–Crippen MR) is 85.8 cm³/mol. The van der Waals surface area contributed by atoms with Gasteiger partial charge in [0.25, 0.3) is 0 Å². The molecule has 0 atom stereocenters. The molecule has 4 nitrogen and oxygen atoms in total. The van der Waals surface area contributed by atoms with Crippen LogP contribution < -0.4 is 10.1 Å². The van der Waals surface area contributed by atoms with E-state index in [1.54, 1.807) is 23.6 Å². The number of hydrogen-bond donors (Lipinski definition) is 1. The van der Waals surface area contributed by atoms with Gasteiger partial charge in [-0.25, -0.2) is 9.37 Å². The van der Waals surface area contributed by atoms with Crippen molar-refractivity contribution < 1.29 is 13.9 Å². The summed E-state index contributed by atoms with van der Waals surface area (Å²) in [5.74, 6) is -0.242. The number of thiazole rings is 1. The van der Waals surface area contributed by atoms with Crippen LogP contribution in [0.2, 0.25) is 0 Å². The van der Waals surface area contributed by atoms with Crippen molar-refractivity contribution in [3.05, 3.63) is 40.6 Å². The highest BCUT2D eigenvalue weighted by molar-refractivity contribution is 7.09. The second-order valence-electron chi connectivity index (χ2n) is 5.14. The van der Waals surface area contributed by atoms with E-state index in [0.717, 1.165) is 11.4 Å². The Hall–Kier alpha value is -1.95.